The summed E-state index contributed by atoms with van der Waals surface area (Å²) in [5.41, 5.74) is 0.885. The third-order valence-electron chi connectivity index (χ3n) is 1.68. The van der Waals surface area contributed by atoms with Crippen LogP contribution in [0.15, 0.2) is 24.5 Å². The molecule has 0 fully saturated rings. The Balaban J connectivity index is 2.82. The van der Waals surface area contributed by atoms with Crippen LogP contribution < -0.4 is 0 Å². The number of H-pyrrole nitrogens is 1. The smallest absolute Gasteiger partial charge is 0.355 e. The summed E-state index contributed by atoms with van der Waals surface area (Å²) in [6, 6.07) is 3.44. The van der Waals surface area contributed by atoms with Gasteiger partial charge in [-0.1, -0.05) is 0 Å². The van der Waals surface area contributed by atoms with Crippen molar-refractivity contribution >= 4 is 16.9 Å². The lowest BCUT2D eigenvalue weighted by molar-refractivity contribution is 0.0693. The maximum atomic E-state index is 10.6. The zero-order valence-corrected chi connectivity index (χ0v) is 6.11. The van der Waals surface area contributed by atoms with E-state index in [1.54, 1.807) is 18.3 Å². The van der Waals surface area contributed by atoms with Crippen molar-refractivity contribution in [2.24, 2.45) is 0 Å². The molecular formula is C8H6N2O2. The summed E-state index contributed by atoms with van der Waals surface area (Å²) in [5.74, 6) is -1.000. The standard InChI is InChI=1S/C8H6N2O2/c11-8(12)7-5-1-3-9-6(5)2-4-10-7/h1-4,9H,(H,11,12). The van der Waals surface area contributed by atoms with Crippen LogP contribution in [0, 0.1) is 0 Å². The Morgan fingerprint density at radius 3 is 3.08 bits per heavy atom. The molecule has 0 aliphatic rings. The van der Waals surface area contributed by atoms with Gasteiger partial charge in [-0.3, -0.25) is 0 Å². The number of hydrogen-bond acceptors (Lipinski definition) is 2. The van der Waals surface area contributed by atoms with E-state index in [1.165, 1.54) is 6.20 Å². The molecule has 0 aliphatic carbocycles. The molecule has 2 aromatic rings. The van der Waals surface area contributed by atoms with E-state index in [2.05, 4.69) is 9.97 Å². The number of carboxylic acids is 1. The molecule has 0 saturated carbocycles. The van der Waals surface area contributed by atoms with Gasteiger partial charge in [-0.25, -0.2) is 9.78 Å². The Morgan fingerprint density at radius 1 is 1.50 bits per heavy atom. The first-order chi connectivity index (χ1) is 5.79. The molecule has 2 rings (SSSR count). The van der Waals surface area contributed by atoms with Gasteiger partial charge in [0, 0.05) is 23.3 Å². The highest BCUT2D eigenvalue weighted by atomic mass is 16.4. The fourth-order valence-electron chi connectivity index (χ4n) is 1.15. The molecule has 4 nitrogen and oxygen atoms in total. The average Bonchev–Trinajstić information content (AvgIpc) is 2.49. The van der Waals surface area contributed by atoms with Gasteiger partial charge in [0.25, 0.3) is 0 Å². The molecule has 12 heavy (non-hydrogen) atoms. The van der Waals surface area contributed by atoms with Gasteiger partial charge in [0.05, 0.1) is 0 Å². The zero-order valence-electron chi connectivity index (χ0n) is 6.11. The molecule has 2 aromatic heterocycles. The van der Waals surface area contributed by atoms with Gasteiger partial charge in [-0.05, 0) is 12.1 Å². The van der Waals surface area contributed by atoms with Crippen LogP contribution in [-0.2, 0) is 0 Å². The van der Waals surface area contributed by atoms with E-state index < -0.39 is 5.97 Å². The number of fused-ring (bicyclic) bond motifs is 1. The molecule has 2 N–H and O–H groups in total. The number of carbonyl (C=O) groups is 1. The monoisotopic (exact) mass is 162 g/mol. The summed E-state index contributed by atoms with van der Waals surface area (Å²) >= 11 is 0. The fourth-order valence-corrected chi connectivity index (χ4v) is 1.15. The minimum absolute atomic E-state index is 0.0914. The number of nitrogens with one attached hydrogen (secondary N) is 1. The second-order valence-electron chi connectivity index (χ2n) is 2.40. The quantitative estimate of drug-likeness (QED) is 0.663. The van der Waals surface area contributed by atoms with E-state index in [-0.39, 0.29) is 5.69 Å². The molecule has 0 saturated heterocycles. The van der Waals surface area contributed by atoms with Gasteiger partial charge in [-0.2, -0.15) is 0 Å². The number of aromatic nitrogens is 2. The van der Waals surface area contributed by atoms with Gasteiger partial charge in [0.2, 0.25) is 0 Å². The predicted molar refractivity (Wildman–Crippen MR) is 43.1 cm³/mol. The summed E-state index contributed by atoms with van der Waals surface area (Å²) in [4.78, 5) is 17.3. The summed E-state index contributed by atoms with van der Waals surface area (Å²) in [6.07, 6.45) is 3.17. The first-order valence-corrected chi connectivity index (χ1v) is 3.44. The molecule has 4 heteroatoms. The Morgan fingerprint density at radius 2 is 2.33 bits per heavy atom. The Kier molecular flexibility index (Phi) is 1.33. The van der Waals surface area contributed by atoms with Crippen LogP contribution in [0.3, 0.4) is 0 Å². The van der Waals surface area contributed by atoms with Crippen LogP contribution in [0.25, 0.3) is 10.9 Å². The molecule has 0 aromatic carbocycles. The number of aromatic carboxylic acids is 1. The molecular weight excluding hydrogens is 156 g/mol. The van der Waals surface area contributed by atoms with Crippen LogP contribution in [0.1, 0.15) is 10.5 Å². The van der Waals surface area contributed by atoms with E-state index in [1.807, 2.05) is 0 Å². The third kappa shape index (κ3) is 0.852. The first kappa shape index (κ1) is 6.84. The van der Waals surface area contributed by atoms with Crippen LogP contribution >= 0.6 is 0 Å². The Labute approximate surface area is 67.9 Å². The van der Waals surface area contributed by atoms with Gasteiger partial charge in [0.1, 0.15) is 0 Å². The topological polar surface area (TPSA) is 66.0 Å². The molecule has 0 unspecified atom stereocenters. The molecule has 2 heterocycles. The maximum absolute atomic E-state index is 10.6. The highest BCUT2D eigenvalue weighted by Gasteiger charge is 2.08. The Bertz CT molecular complexity index is 433. The normalized spacial score (nSPS) is 10.3. The van der Waals surface area contributed by atoms with Crippen molar-refractivity contribution in [1.82, 2.24) is 9.97 Å². The minimum Gasteiger partial charge on any atom is -0.476 e. The molecule has 0 spiro atoms. The zero-order chi connectivity index (χ0) is 8.55. The second kappa shape index (κ2) is 2.34. The second-order valence-corrected chi connectivity index (χ2v) is 2.40. The lowest BCUT2D eigenvalue weighted by Crippen LogP contribution is -1.99. The van der Waals surface area contributed by atoms with Gasteiger partial charge < -0.3 is 10.1 Å². The number of nitrogens with zero attached hydrogens (tertiary/aromatic N) is 1. The maximum Gasteiger partial charge on any atom is 0.355 e. The lowest BCUT2D eigenvalue weighted by Gasteiger charge is -1.93. The van der Waals surface area contributed by atoms with Gasteiger partial charge >= 0.3 is 5.97 Å². The molecule has 0 radical (unpaired) electrons. The van der Waals surface area contributed by atoms with Crippen molar-refractivity contribution in [3.63, 3.8) is 0 Å². The van der Waals surface area contributed by atoms with Crippen molar-refractivity contribution < 1.29 is 9.90 Å². The number of rotatable bonds is 1. The number of hydrogen-bond donors (Lipinski definition) is 2. The average molecular weight is 162 g/mol. The van der Waals surface area contributed by atoms with Crippen molar-refractivity contribution in [2.45, 2.75) is 0 Å². The van der Waals surface area contributed by atoms with Crippen LogP contribution in [0.5, 0.6) is 0 Å². The number of pyridine rings is 1. The van der Waals surface area contributed by atoms with E-state index >= 15 is 0 Å². The van der Waals surface area contributed by atoms with Gasteiger partial charge in [-0.15, -0.1) is 0 Å². The first-order valence-electron chi connectivity index (χ1n) is 3.44. The van der Waals surface area contributed by atoms with E-state index in [4.69, 9.17) is 5.11 Å². The van der Waals surface area contributed by atoms with Crippen molar-refractivity contribution in [3.8, 4) is 0 Å². The van der Waals surface area contributed by atoms with Crippen molar-refractivity contribution in [1.29, 1.82) is 0 Å². The SMILES string of the molecule is O=C(O)c1nccc2[nH]ccc12. The van der Waals surface area contributed by atoms with Crippen LogP contribution in [0.4, 0.5) is 0 Å². The summed E-state index contributed by atoms with van der Waals surface area (Å²) in [7, 11) is 0. The third-order valence-corrected chi connectivity index (χ3v) is 1.68. The van der Waals surface area contributed by atoms with Crippen molar-refractivity contribution in [2.75, 3.05) is 0 Å². The summed E-state index contributed by atoms with van der Waals surface area (Å²) in [5, 5.41) is 9.37. The number of carboxylic acid groups (broad SMARTS) is 1. The highest BCUT2D eigenvalue weighted by molar-refractivity contribution is 6.00. The van der Waals surface area contributed by atoms with E-state index in [0.717, 1.165) is 5.52 Å². The summed E-state index contributed by atoms with van der Waals surface area (Å²) in [6.45, 7) is 0. The van der Waals surface area contributed by atoms with Gasteiger partial charge in [0.15, 0.2) is 5.69 Å². The summed E-state index contributed by atoms with van der Waals surface area (Å²) < 4.78 is 0. The lowest BCUT2D eigenvalue weighted by atomic mass is 10.2. The van der Waals surface area contributed by atoms with Crippen LogP contribution in [0.2, 0.25) is 0 Å². The predicted octanol–water partition coefficient (Wildman–Crippen LogP) is 1.26. The molecule has 0 amide bonds. The fraction of sp³-hybridized carbons (Fsp3) is 0. The van der Waals surface area contributed by atoms with Crippen molar-refractivity contribution in [3.05, 3.63) is 30.2 Å². The molecule has 0 atom stereocenters. The largest absolute Gasteiger partial charge is 0.476 e. The number of aromatic amines is 1. The molecule has 0 bridgehead atoms. The highest BCUT2D eigenvalue weighted by Crippen LogP contribution is 2.14. The van der Waals surface area contributed by atoms with E-state index in [9.17, 15) is 4.79 Å². The minimum atomic E-state index is -1.000. The Hall–Kier alpha value is -1.84. The van der Waals surface area contributed by atoms with Crippen LogP contribution in [-0.4, -0.2) is 21.0 Å². The van der Waals surface area contributed by atoms with E-state index in [0.29, 0.717) is 5.39 Å². The molecule has 0 aliphatic heterocycles. The molecule has 60 valence electrons.